The Morgan fingerprint density at radius 1 is 1.08 bits per heavy atom. The Hall–Kier alpha value is -3.79. The van der Waals surface area contributed by atoms with Crippen molar-refractivity contribution in [2.45, 2.75) is 58.2 Å². The quantitative estimate of drug-likeness (QED) is 0.285. The van der Waals surface area contributed by atoms with Gasteiger partial charge in [-0.15, -0.1) is 0 Å². The summed E-state index contributed by atoms with van der Waals surface area (Å²) in [6.45, 7) is 5.70. The molecule has 1 fully saturated rings. The van der Waals surface area contributed by atoms with Crippen LogP contribution in [0.3, 0.4) is 0 Å². The Morgan fingerprint density at radius 3 is 2.49 bits per heavy atom. The van der Waals surface area contributed by atoms with Gasteiger partial charge in [-0.25, -0.2) is 4.79 Å². The summed E-state index contributed by atoms with van der Waals surface area (Å²) in [6.07, 6.45) is -0.339. The minimum absolute atomic E-state index is 0.141. The van der Waals surface area contributed by atoms with Gasteiger partial charge in [-0.05, 0) is 69.2 Å². The number of pyridine rings is 1. The molecule has 10 heteroatoms. The van der Waals surface area contributed by atoms with E-state index in [1.807, 2.05) is 6.07 Å². The summed E-state index contributed by atoms with van der Waals surface area (Å²) in [7, 11) is 1.50. The minimum atomic E-state index is -4.69. The van der Waals surface area contributed by atoms with Gasteiger partial charge in [-0.2, -0.15) is 13.2 Å². The molecule has 0 amide bonds. The summed E-state index contributed by atoms with van der Waals surface area (Å²) in [5.41, 5.74) is -0.668. The molecule has 0 aliphatic carbocycles. The predicted octanol–water partition coefficient (Wildman–Crippen LogP) is 6.92. The number of carbonyl (C=O) groups is 1. The van der Waals surface area contributed by atoms with Crippen LogP contribution in [0.25, 0.3) is 0 Å². The lowest BCUT2D eigenvalue weighted by molar-refractivity contribution is -0.137. The fraction of sp³-hybridized carbons (Fsp3) is 0.379. The molecule has 1 unspecified atom stereocenters. The first-order valence-electron chi connectivity index (χ1n) is 12.5. The summed E-state index contributed by atoms with van der Waals surface area (Å²) in [4.78, 5) is 18.7. The average Bonchev–Trinajstić information content (AvgIpc) is 3.39. The molecule has 0 bridgehead atoms. The summed E-state index contributed by atoms with van der Waals surface area (Å²) in [5, 5.41) is 0. The molecule has 7 nitrogen and oxygen atoms in total. The smallest absolute Gasteiger partial charge is 0.416 e. The number of alkyl halides is 3. The zero-order chi connectivity index (χ0) is 28.2. The first kappa shape index (κ1) is 28.2. The van der Waals surface area contributed by atoms with E-state index in [2.05, 4.69) is 4.98 Å². The van der Waals surface area contributed by atoms with Crippen LogP contribution < -0.4 is 14.4 Å². The highest BCUT2D eigenvalue weighted by molar-refractivity contribution is 5.91. The molecule has 1 aliphatic rings. The van der Waals surface area contributed by atoms with Gasteiger partial charge in [-0.1, -0.05) is 6.07 Å². The molecule has 0 N–H and O–H groups in total. The summed E-state index contributed by atoms with van der Waals surface area (Å²) >= 11 is 0. The number of esters is 1. The van der Waals surface area contributed by atoms with E-state index in [4.69, 9.17) is 18.9 Å². The van der Waals surface area contributed by atoms with Crippen molar-refractivity contribution < 1.29 is 36.9 Å². The molecule has 208 valence electrons. The fourth-order valence-corrected chi connectivity index (χ4v) is 4.10. The van der Waals surface area contributed by atoms with Gasteiger partial charge in [-0.3, -0.25) is 4.98 Å². The highest BCUT2D eigenvalue weighted by Gasteiger charge is 2.33. The number of nitrogens with zero attached hydrogens (tertiary/aromatic N) is 2. The van der Waals surface area contributed by atoms with Crippen LogP contribution in [0.15, 0.2) is 60.9 Å². The fourth-order valence-electron chi connectivity index (χ4n) is 4.10. The molecule has 39 heavy (non-hydrogen) atoms. The molecule has 0 saturated carbocycles. The average molecular weight is 545 g/mol. The number of halogens is 3. The number of rotatable bonds is 8. The van der Waals surface area contributed by atoms with Crippen LogP contribution in [-0.2, 0) is 22.2 Å². The van der Waals surface area contributed by atoms with Gasteiger partial charge in [0.05, 0.1) is 24.8 Å². The third-order valence-corrected chi connectivity index (χ3v) is 5.86. The number of hydrogen-bond acceptors (Lipinski definition) is 7. The molecular weight excluding hydrogens is 513 g/mol. The van der Waals surface area contributed by atoms with Crippen molar-refractivity contribution in [2.24, 2.45) is 0 Å². The van der Waals surface area contributed by atoms with Gasteiger partial charge in [0.1, 0.15) is 5.60 Å². The topological polar surface area (TPSA) is 70.1 Å². The van der Waals surface area contributed by atoms with Crippen molar-refractivity contribution in [1.82, 2.24) is 4.98 Å². The number of anilines is 2. The highest BCUT2D eigenvalue weighted by atomic mass is 19.4. The largest absolute Gasteiger partial charge is 0.493 e. The Kier molecular flexibility index (Phi) is 8.34. The Labute approximate surface area is 225 Å². The van der Waals surface area contributed by atoms with Crippen LogP contribution >= 0.6 is 0 Å². The molecule has 1 aliphatic heterocycles. The van der Waals surface area contributed by atoms with Crippen molar-refractivity contribution in [2.75, 3.05) is 18.6 Å². The molecule has 4 rings (SSSR count). The molecule has 1 atom stereocenters. The third kappa shape index (κ3) is 7.41. The number of benzene rings is 2. The maximum Gasteiger partial charge on any atom is 0.416 e. The van der Waals surface area contributed by atoms with Crippen molar-refractivity contribution in [1.29, 1.82) is 0 Å². The first-order valence-corrected chi connectivity index (χ1v) is 12.5. The van der Waals surface area contributed by atoms with Crippen LogP contribution in [0.1, 0.15) is 55.1 Å². The van der Waals surface area contributed by atoms with Gasteiger partial charge in [0.25, 0.3) is 0 Å². The highest BCUT2D eigenvalue weighted by Crippen LogP contribution is 2.40. The van der Waals surface area contributed by atoms with Gasteiger partial charge < -0.3 is 23.8 Å². The lowest BCUT2D eigenvalue weighted by Gasteiger charge is -2.28. The van der Waals surface area contributed by atoms with E-state index < -0.39 is 29.6 Å². The Morgan fingerprint density at radius 2 is 1.87 bits per heavy atom. The van der Waals surface area contributed by atoms with Crippen LogP contribution in [-0.4, -0.2) is 36.6 Å². The lowest BCUT2D eigenvalue weighted by atomic mass is 10.1. The number of ether oxygens (including phenoxy) is 4. The molecule has 0 radical (unpaired) electrons. The second-order valence-corrected chi connectivity index (χ2v) is 10.1. The van der Waals surface area contributed by atoms with Crippen LogP contribution in [0.5, 0.6) is 11.5 Å². The number of methoxy groups -OCH3 is 1. The van der Waals surface area contributed by atoms with Gasteiger partial charge >= 0.3 is 12.1 Å². The summed E-state index contributed by atoms with van der Waals surface area (Å²) in [5.74, 6) is -0.0141. The van der Waals surface area contributed by atoms with E-state index in [0.717, 1.165) is 24.1 Å². The van der Waals surface area contributed by atoms with Crippen LogP contribution in [0, 0.1) is 0 Å². The number of aromatic nitrogens is 1. The van der Waals surface area contributed by atoms with Crippen molar-refractivity contribution in [3.63, 3.8) is 0 Å². The molecule has 0 spiro atoms. The normalized spacial score (nSPS) is 15.6. The SMILES string of the molecule is COc1ccc(N(Cc2cccnc2)c2cc(C(=O)OC(C)(C)C)cc(C(F)(F)F)c2)cc1OC1CCCO1. The number of hydrogen-bond donors (Lipinski definition) is 0. The van der Waals surface area contributed by atoms with Gasteiger partial charge in [0.2, 0.25) is 0 Å². The van der Waals surface area contributed by atoms with E-state index in [1.54, 1.807) is 62.3 Å². The maximum atomic E-state index is 14.0. The standard InChI is InChI=1S/C29H31F3N2O5/c1-28(2,3)39-27(35)20-13-21(29(30,31)32)15-23(14-20)34(18-19-7-5-11-33-17-19)22-9-10-24(36-4)25(16-22)38-26-8-6-12-37-26/h5,7,9-11,13-17,26H,6,8,12,18H2,1-4H3. The number of carbonyl (C=O) groups excluding carboxylic acids is 1. The second kappa shape index (κ2) is 11.5. The predicted molar refractivity (Wildman–Crippen MR) is 139 cm³/mol. The summed E-state index contributed by atoms with van der Waals surface area (Å²) < 4.78 is 64.5. The zero-order valence-corrected chi connectivity index (χ0v) is 22.2. The maximum absolute atomic E-state index is 14.0. The molecule has 2 heterocycles. The van der Waals surface area contributed by atoms with E-state index in [1.165, 1.54) is 13.2 Å². The molecule has 1 saturated heterocycles. The summed E-state index contributed by atoms with van der Waals surface area (Å²) in [6, 6.07) is 11.8. The Bertz CT molecular complexity index is 1290. The molecule has 2 aromatic carbocycles. The van der Waals surface area contributed by atoms with Crippen LogP contribution in [0.4, 0.5) is 24.5 Å². The van der Waals surface area contributed by atoms with E-state index in [-0.39, 0.29) is 17.8 Å². The van der Waals surface area contributed by atoms with E-state index in [0.29, 0.717) is 30.2 Å². The van der Waals surface area contributed by atoms with Crippen LogP contribution in [0.2, 0.25) is 0 Å². The second-order valence-electron chi connectivity index (χ2n) is 10.1. The third-order valence-electron chi connectivity index (χ3n) is 5.86. The first-order chi connectivity index (χ1) is 18.4. The van der Waals surface area contributed by atoms with Crippen molar-refractivity contribution in [3.05, 3.63) is 77.6 Å². The van der Waals surface area contributed by atoms with Crippen molar-refractivity contribution >= 4 is 17.3 Å². The Balaban J connectivity index is 1.83. The molecule has 3 aromatic rings. The monoisotopic (exact) mass is 544 g/mol. The minimum Gasteiger partial charge on any atom is -0.493 e. The lowest BCUT2D eigenvalue weighted by Crippen LogP contribution is -2.25. The molecular formula is C29H31F3N2O5. The van der Waals surface area contributed by atoms with Gasteiger partial charge in [0, 0.05) is 42.8 Å². The van der Waals surface area contributed by atoms with E-state index >= 15 is 0 Å². The van der Waals surface area contributed by atoms with Crippen molar-refractivity contribution in [3.8, 4) is 11.5 Å². The molecule has 1 aromatic heterocycles. The van der Waals surface area contributed by atoms with Gasteiger partial charge in [0.15, 0.2) is 17.8 Å². The zero-order valence-electron chi connectivity index (χ0n) is 22.2. The van der Waals surface area contributed by atoms with E-state index in [9.17, 15) is 18.0 Å².